The number of thiophene rings is 1. The number of unbranched alkanes of at least 4 members (excludes halogenated alkanes) is 1. The summed E-state index contributed by atoms with van der Waals surface area (Å²) in [5.41, 5.74) is 16.9. The Kier molecular flexibility index (Phi) is 8.46. The van der Waals surface area contributed by atoms with Crippen molar-refractivity contribution >= 4 is 105 Å². The van der Waals surface area contributed by atoms with E-state index in [0.29, 0.717) is 0 Å². The first-order valence-corrected chi connectivity index (χ1v) is 23.4. The van der Waals surface area contributed by atoms with Gasteiger partial charge in [-0.25, -0.2) is 0 Å². The molecule has 10 aromatic rings. The van der Waals surface area contributed by atoms with E-state index >= 15 is 0 Å². The summed E-state index contributed by atoms with van der Waals surface area (Å²) in [6.45, 7) is 9.48. The molecule has 0 atom stereocenters. The van der Waals surface area contributed by atoms with Crippen molar-refractivity contribution in [2.75, 3.05) is 4.90 Å². The van der Waals surface area contributed by atoms with Crippen LogP contribution >= 0.6 is 23.1 Å². The van der Waals surface area contributed by atoms with Crippen LogP contribution in [0.1, 0.15) is 51.7 Å². The van der Waals surface area contributed by atoms with Crippen molar-refractivity contribution in [3.63, 3.8) is 0 Å². The van der Waals surface area contributed by atoms with Gasteiger partial charge in [-0.05, 0) is 112 Å². The molecule has 2 aromatic heterocycles. The van der Waals surface area contributed by atoms with E-state index in [-0.39, 0.29) is 12.1 Å². The van der Waals surface area contributed by atoms with Gasteiger partial charge in [0.05, 0.1) is 11.0 Å². The van der Waals surface area contributed by atoms with E-state index in [1.165, 1.54) is 113 Å². The molecule has 8 aromatic carbocycles. The van der Waals surface area contributed by atoms with E-state index in [2.05, 4.69) is 201 Å². The smallest absolute Gasteiger partial charge is 0.249 e. The minimum atomic E-state index is -0.0473. The van der Waals surface area contributed by atoms with Gasteiger partial charge in [-0.2, -0.15) is 0 Å². The summed E-state index contributed by atoms with van der Waals surface area (Å²) in [6.07, 6.45) is 3.31. The van der Waals surface area contributed by atoms with Crippen molar-refractivity contribution in [3.8, 4) is 16.8 Å². The third kappa shape index (κ3) is 5.77. The number of hydrogen-bond acceptors (Lipinski definition) is 3. The van der Waals surface area contributed by atoms with Crippen molar-refractivity contribution < 1.29 is 0 Å². The quantitative estimate of drug-likeness (QED) is 0.154. The highest BCUT2D eigenvalue weighted by molar-refractivity contribution is 8.00. The Morgan fingerprint density at radius 2 is 1.26 bits per heavy atom. The van der Waals surface area contributed by atoms with Crippen LogP contribution in [0.5, 0.6) is 0 Å². The molecule has 2 aliphatic rings. The Balaban J connectivity index is 1.20. The number of aromatic nitrogens is 1. The molecule has 2 nitrogen and oxygen atoms in total. The van der Waals surface area contributed by atoms with E-state index in [1.54, 1.807) is 0 Å². The van der Waals surface area contributed by atoms with Crippen molar-refractivity contribution in [2.45, 2.75) is 62.2 Å². The number of para-hydroxylation sites is 2. The topological polar surface area (TPSA) is 8.17 Å². The number of aryl methyl sites for hydroxylation is 1. The zero-order valence-electron chi connectivity index (χ0n) is 35.0. The van der Waals surface area contributed by atoms with Crippen LogP contribution in [0.25, 0.3) is 58.8 Å². The first-order valence-electron chi connectivity index (χ1n) is 21.8. The van der Waals surface area contributed by atoms with Crippen molar-refractivity contribution in [1.29, 1.82) is 0 Å². The van der Waals surface area contributed by atoms with Gasteiger partial charge in [-0.1, -0.05) is 154 Å². The van der Waals surface area contributed by atoms with E-state index < -0.39 is 0 Å². The average molecular weight is 821 g/mol. The highest BCUT2D eigenvalue weighted by Gasteiger charge is 2.42. The van der Waals surface area contributed by atoms with Crippen LogP contribution in [0.15, 0.2) is 174 Å². The lowest BCUT2D eigenvalue weighted by atomic mass is 9.34. The summed E-state index contributed by atoms with van der Waals surface area (Å²) in [5, 5.41) is 5.23. The number of anilines is 3. The second-order valence-electron chi connectivity index (χ2n) is 17.9. The zero-order chi connectivity index (χ0) is 41.0. The lowest BCUT2D eigenvalue weighted by Gasteiger charge is -2.42. The molecule has 12 rings (SSSR count). The molecule has 5 heteroatoms. The van der Waals surface area contributed by atoms with E-state index in [9.17, 15) is 0 Å². The maximum absolute atomic E-state index is 2.70. The molecule has 4 heterocycles. The molecule has 0 radical (unpaired) electrons. The summed E-state index contributed by atoms with van der Waals surface area (Å²) >= 11 is 3.88. The van der Waals surface area contributed by atoms with Gasteiger partial charge < -0.3 is 9.47 Å². The number of hydrogen-bond donors (Lipinski definition) is 0. The number of fused-ring (bicyclic) bond motifs is 10. The van der Waals surface area contributed by atoms with Gasteiger partial charge in [-0.3, -0.25) is 0 Å². The second kappa shape index (κ2) is 14.0. The molecule has 0 spiro atoms. The van der Waals surface area contributed by atoms with Gasteiger partial charge in [-0.15, -0.1) is 11.3 Å². The van der Waals surface area contributed by atoms with Crippen LogP contribution in [0.4, 0.5) is 17.1 Å². The average Bonchev–Trinajstić information content (AvgIpc) is 3.82. The van der Waals surface area contributed by atoms with Gasteiger partial charge in [0.2, 0.25) is 6.71 Å². The molecule has 0 saturated carbocycles. The summed E-state index contributed by atoms with van der Waals surface area (Å²) < 4.78 is 5.20. The maximum atomic E-state index is 2.70. The standard InChI is InChI=1S/C56H45BN2S2/c1-5-6-16-37-30-53-43(42-21-12-15-24-51(42)60-53)34-48(37)59-49-33-39(58-46-22-13-10-19-40(46)41-20-11-14-23-47(41)58)26-27-44(49)57-45-29-36(35-17-8-7-9-18-35)25-28-52(45)61-54-32-38(56(2,3)4)31-50(59)55(54)57/h7-15,17-34H,5-6,16H2,1-4H3. The molecule has 0 N–H and O–H groups in total. The normalized spacial score (nSPS) is 13.3. The van der Waals surface area contributed by atoms with Gasteiger partial charge in [0.25, 0.3) is 0 Å². The van der Waals surface area contributed by atoms with E-state index in [4.69, 9.17) is 0 Å². The van der Waals surface area contributed by atoms with E-state index in [1.807, 2.05) is 23.1 Å². The molecule has 0 saturated heterocycles. The zero-order valence-corrected chi connectivity index (χ0v) is 36.6. The molecule has 294 valence electrons. The lowest BCUT2D eigenvalue weighted by molar-refractivity contribution is 0.589. The molecule has 0 bridgehead atoms. The second-order valence-corrected chi connectivity index (χ2v) is 20.1. The molecule has 0 aliphatic carbocycles. The van der Waals surface area contributed by atoms with Crippen LogP contribution in [-0.2, 0) is 11.8 Å². The van der Waals surface area contributed by atoms with Crippen molar-refractivity contribution in [2.24, 2.45) is 0 Å². The van der Waals surface area contributed by atoms with Crippen molar-refractivity contribution in [1.82, 2.24) is 4.57 Å². The van der Waals surface area contributed by atoms with Crippen LogP contribution in [0.2, 0.25) is 0 Å². The third-order valence-electron chi connectivity index (χ3n) is 13.2. The third-order valence-corrected chi connectivity index (χ3v) is 15.5. The fraction of sp³-hybridized carbons (Fsp3) is 0.143. The highest BCUT2D eigenvalue weighted by atomic mass is 32.2. The van der Waals surface area contributed by atoms with Gasteiger partial charge in [0.1, 0.15) is 0 Å². The van der Waals surface area contributed by atoms with E-state index in [0.717, 1.165) is 19.3 Å². The SMILES string of the molecule is CCCCc1cc2sc3ccccc3c2cc1N1c2cc(-n3c4ccccc4c4ccccc43)ccc2B2c3cc(-c4ccccc4)ccc3Sc3cc(C(C)(C)C)cc1c32. The Bertz CT molecular complexity index is 3330. The minimum Gasteiger partial charge on any atom is -0.311 e. The Labute approximate surface area is 366 Å². The monoisotopic (exact) mass is 820 g/mol. The van der Waals surface area contributed by atoms with Gasteiger partial charge in [0.15, 0.2) is 0 Å². The molecule has 2 aliphatic heterocycles. The Morgan fingerprint density at radius 1 is 0.541 bits per heavy atom. The number of benzene rings is 8. The van der Waals surface area contributed by atoms with Crippen molar-refractivity contribution in [3.05, 3.63) is 175 Å². The van der Waals surface area contributed by atoms with Gasteiger partial charge in [0, 0.05) is 63.5 Å². The lowest BCUT2D eigenvalue weighted by Crippen LogP contribution is -2.60. The Morgan fingerprint density at radius 3 is 2.02 bits per heavy atom. The largest absolute Gasteiger partial charge is 0.311 e. The van der Waals surface area contributed by atoms with Crippen LogP contribution < -0.4 is 21.3 Å². The molecule has 0 fully saturated rings. The molecular weight excluding hydrogens is 776 g/mol. The van der Waals surface area contributed by atoms with Crippen LogP contribution in [0, 0.1) is 0 Å². The maximum Gasteiger partial charge on any atom is 0.249 e. The van der Waals surface area contributed by atoms with Crippen LogP contribution in [-0.4, -0.2) is 11.3 Å². The minimum absolute atomic E-state index is 0.0473. The first-order chi connectivity index (χ1) is 29.8. The highest BCUT2D eigenvalue weighted by Crippen LogP contribution is 2.48. The Hall–Kier alpha value is -6.01. The summed E-state index contributed by atoms with van der Waals surface area (Å²) in [7, 11) is 0. The van der Waals surface area contributed by atoms with Crippen LogP contribution in [0.3, 0.4) is 0 Å². The summed E-state index contributed by atoms with van der Waals surface area (Å²) in [5.74, 6) is 0. The fourth-order valence-electron chi connectivity index (χ4n) is 10.2. The van der Waals surface area contributed by atoms with Gasteiger partial charge >= 0.3 is 0 Å². The number of rotatable bonds is 6. The summed E-state index contributed by atoms with van der Waals surface area (Å²) in [4.78, 5) is 5.40. The predicted molar refractivity (Wildman–Crippen MR) is 266 cm³/mol. The fourth-order valence-corrected chi connectivity index (χ4v) is 12.5. The first kappa shape index (κ1) is 36.8. The molecule has 0 amide bonds. The molecule has 61 heavy (non-hydrogen) atoms. The molecule has 0 unspecified atom stereocenters. The molecular formula is C56H45BN2S2. The number of nitrogens with zero attached hydrogens (tertiary/aromatic N) is 2. The summed E-state index contributed by atoms with van der Waals surface area (Å²) in [6, 6.07) is 62.3. The predicted octanol–water partition coefficient (Wildman–Crippen LogP) is 14.2.